The van der Waals surface area contributed by atoms with Crippen LogP contribution in [0, 0.1) is 0 Å². The summed E-state index contributed by atoms with van der Waals surface area (Å²) in [5.74, 6) is -0.486. The highest BCUT2D eigenvalue weighted by molar-refractivity contribution is 5.78. The molecule has 0 aliphatic carbocycles. The minimum Gasteiger partial charge on any atom is -0.467 e. The zero-order valence-corrected chi connectivity index (χ0v) is 8.33. The van der Waals surface area contributed by atoms with Crippen LogP contribution in [0.4, 0.5) is 13.2 Å². The Morgan fingerprint density at radius 3 is 2.62 bits per heavy atom. The van der Waals surface area contributed by atoms with Gasteiger partial charge in [0.2, 0.25) is 5.91 Å². The minimum absolute atomic E-state index is 0.234. The maximum atomic E-state index is 12.2. The molecule has 1 rings (SSSR count). The number of hydrogen-bond acceptors (Lipinski definition) is 3. The summed E-state index contributed by atoms with van der Waals surface area (Å²) in [6, 6.07) is 3.03. The van der Waals surface area contributed by atoms with Crippen LogP contribution in [0.15, 0.2) is 22.8 Å². The summed E-state index contributed by atoms with van der Waals surface area (Å²) in [5, 5.41) is 0. The molecule has 0 unspecified atom stereocenters. The van der Waals surface area contributed by atoms with Gasteiger partial charge in [0.05, 0.1) is 19.4 Å². The molecule has 1 heterocycles. The molecule has 0 saturated heterocycles. The average Bonchev–Trinajstić information content (AvgIpc) is 2.66. The molecule has 0 atom stereocenters. The standard InChI is InChI=1S/C9H11F3N2O2/c10-9(11,12)6-14(8(15)4-13)5-7-2-1-3-16-7/h1-3H,4-6,13H2. The molecule has 0 aliphatic rings. The van der Waals surface area contributed by atoms with Crippen molar-refractivity contribution in [1.29, 1.82) is 0 Å². The molecule has 0 aliphatic heterocycles. The van der Waals surface area contributed by atoms with Gasteiger partial charge in [-0.15, -0.1) is 0 Å². The Bertz CT molecular complexity index is 335. The molecule has 0 fully saturated rings. The fourth-order valence-electron chi connectivity index (χ4n) is 1.17. The summed E-state index contributed by atoms with van der Waals surface area (Å²) in [7, 11) is 0. The van der Waals surface area contributed by atoms with Gasteiger partial charge in [-0.05, 0) is 12.1 Å². The third-order valence-corrected chi connectivity index (χ3v) is 1.82. The van der Waals surface area contributed by atoms with E-state index in [2.05, 4.69) is 0 Å². The van der Waals surface area contributed by atoms with Gasteiger partial charge in [0.25, 0.3) is 0 Å². The van der Waals surface area contributed by atoms with E-state index in [9.17, 15) is 18.0 Å². The Hall–Kier alpha value is -1.50. The summed E-state index contributed by atoms with van der Waals surface area (Å²) in [6.45, 7) is -2.02. The largest absolute Gasteiger partial charge is 0.467 e. The van der Waals surface area contributed by atoms with E-state index < -0.39 is 25.2 Å². The maximum absolute atomic E-state index is 12.2. The molecule has 1 aromatic heterocycles. The quantitative estimate of drug-likeness (QED) is 0.852. The lowest BCUT2D eigenvalue weighted by molar-refractivity contribution is -0.161. The number of carbonyl (C=O) groups excluding carboxylic acids is 1. The van der Waals surface area contributed by atoms with Crippen molar-refractivity contribution in [1.82, 2.24) is 4.90 Å². The van der Waals surface area contributed by atoms with E-state index in [0.717, 1.165) is 0 Å². The first-order valence-corrected chi connectivity index (χ1v) is 4.49. The van der Waals surface area contributed by atoms with Gasteiger partial charge in [0.15, 0.2) is 0 Å². The van der Waals surface area contributed by atoms with Gasteiger partial charge in [-0.2, -0.15) is 13.2 Å². The Kier molecular flexibility index (Phi) is 3.94. The number of hydrogen-bond donors (Lipinski definition) is 1. The van der Waals surface area contributed by atoms with E-state index in [1.54, 1.807) is 0 Å². The summed E-state index contributed by atoms with van der Waals surface area (Å²) in [5.41, 5.74) is 5.03. The molecule has 0 saturated carbocycles. The first kappa shape index (κ1) is 12.6. The van der Waals surface area contributed by atoms with Crippen LogP contribution in [0.2, 0.25) is 0 Å². The predicted molar refractivity (Wildman–Crippen MR) is 49.2 cm³/mol. The van der Waals surface area contributed by atoms with Crippen molar-refractivity contribution >= 4 is 5.91 Å². The van der Waals surface area contributed by atoms with Crippen molar-refractivity contribution in [2.24, 2.45) is 5.73 Å². The third kappa shape index (κ3) is 3.93. The van der Waals surface area contributed by atoms with Crippen LogP contribution in [-0.4, -0.2) is 30.1 Å². The molecular formula is C9H11F3N2O2. The third-order valence-electron chi connectivity index (χ3n) is 1.82. The molecule has 0 radical (unpaired) electrons. The van der Waals surface area contributed by atoms with E-state index in [-0.39, 0.29) is 12.3 Å². The molecule has 90 valence electrons. The lowest BCUT2D eigenvalue weighted by Gasteiger charge is -2.22. The van der Waals surface area contributed by atoms with Crippen LogP contribution >= 0.6 is 0 Å². The number of alkyl halides is 3. The summed E-state index contributed by atoms with van der Waals surface area (Å²) in [6.07, 6.45) is -3.12. The molecule has 2 N–H and O–H groups in total. The number of halogens is 3. The van der Waals surface area contributed by atoms with Crippen LogP contribution < -0.4 is 5.73 Å². The van der Waals surface area contributed by atoms with Gasteiger partial charge in [-0.3, -0.25) is 4.79 Å². The van der Waals surface area contributed by atoms with Gasteiger partial charge in [-0.25, -0.2) is 0 Å². The first-order valence-electron chi connectivity index (χ1n) is 4.49. The highest BCUT2D eigenvalue weighted by Crippen LogP contribution is 2.18. The van der Waals surface area contributed by atoms with Gasteiger partial charge < -0.3 is 15.1 Å². The van der Waals surface area contributed by atoms with Crippen molar-refractivity contribution < 1.29 is 22.4 Å². The highest BCUT2D eigenvalue weighted by Gasteiger charge is 2.32. The predicted octanol–water partition coefficient (Wildman–Crippen LogP) is 1.13. The second-order valence-corrected chi connectivity index (χ2v) is 3.15. The molecule has 0 spiro atoms. The van der Waals surface area contributed by atoms with E-state index in [1.807, 2.05) is 0 Å². The van der Waals surface area contributed by atoms with E-state index >= 15 is 0 Å². The van der Waals surface area contributed by atoms with Gasteiger partial charge in [-0.1, -0.05) is 0 Å². The fourth-order valence-corrected chi connectivity index (χ4v) is 1.17. The molecule has 7 heteroatoms. The molecule has 0 aromatic carbocycles. The van der Waals surface area contributed by atoms with Crippen LogP contribution in [0.3, 0.4) is 0 Å². The second-order valence-electron chi connectivity index (χ2n) is 3.15. The normalized spacial score (nSPS) is 11.5. The van der Waals surface area contributed by atoms with Gasteiger partial charge >= 0.3 is 6.18 Å². The van der Waals surface area contributed by atoms with E-state index in [1.165, 1.54) is 18.4 Å². The number of amides is 1. The van der Waals surface area contributed by atoms with Gasteiger partial charge in [0.1, 0.15) is 12.3 Å². The van der Waals surface area contributed by atoms with E-state index in [4.69, 9.17) is 10.2 Å². The SMILES string of the molecule is NCC(=O)N(Cc1ccco1)CC(F)(F)F. The zero-order chi connectivity index (χ0) is 12.2. The molecular weight excluding hydrogens is 225 g/mol. The summed E-state index contributed by atoms with van der Waals surface area (Å²) >= 11 is 0. The highest BCUT2D eigenvalue weighted by atomic mass is 19.4. The second kappa shape index (κ2) is 5.02. The maximum Gasteiger partial charge on any atom is 0.406 e. The van der Waals surface area contributed by atoms with Crippen molar-refractivity contribution in [2.75, 3.05) is 13.1 Å². The zero-order valence-electron chi connectivity index (χ0n) is 8.33. The lowest BCUT2D eigenvalue weighted by Crippen LogP contribution is -2.41. The van der Waals surface area contributed by atoms with Crippen LogP contribution in [0.1, 0.15) is 5.76 Å². The topological polar surface area (TPSA) is 59.5 Å². The molecule has 16 heavy (non-hydrogen) atoms. The number of rotatable bonds is 4. The van der Waals surface area contributed by atoms with Crippen molar-refractivity contribution in [2.45, 2.75) is 12.7 Å². The molecule has 1 amide bonds. The van der Waals surface area contributed by atoms with Crippen LogP contribution in [-0.2, 0) is 11.3 Å². The molecule has 1 aromatic rings. The Morgan fingerprint density at radius 1 is 1.50 bits per heavy atom. The fraction of sp³-hybridized carbons (Fsp3) is 0.444. The summed E-state index contributed by atoms with van der Waals surface area (Å²) < 4.78 is 41.4. The Labute approximate surface area is 89.8 Å². The molecule has 0 bridgehead atoms. The van der Waals surface area contributed by atoms with Crippen molar-refractivity contribution in [3.63, 3.8) is 0 Å². The van der Waals surface area contributed by atoms with Gasteiger partial charge in [0, 0.05) is 0 Å². The van der Waals surface area contributed by atoms with Crippen LogP contribution in [0.5, 0.6) is 0 Å². The number of nitrogens with zero attached hydrogens (tertiary/aromatic N) is 1. The van der Waals surface area contributed by atoms with Crippen molar-refractivity contribution in [3.05, 3.63) is 24.2 Å². The lowest BCUT2D eigenvalue weighted by atomic mass is 10.3. The number of carbonyl (C=O) groups is 1. The Morgan fingerprint density at radius 2 is 2.19 bits per heavy atom. The van der Waals surface area contributed by atoms with E-state index in [0.29, 0.717) is 4.90 Å². The van der Waals surface area contributed by atoms with Crippen LogP contribution in [0.25, 0.3) is 0 Å². The first-order chi connectivity index (χ1) is 7.42. The monoisotopic (exact) mass is 236 g/mol. The number of furan rings is 1. The summed E-state index contributed by atoms with van der Waals surface area (Å²) in [4.78, 5) is 11.8. The molecule has 4 nitrogen and oxygen atoms in total. The average molecular weight is 236 g/mol. The Balaban J connectivity index is 2.68. The number of nitrogens with two attached hydrogens (primary N) is 1. The minimum atomic E-state index is -4.45. The smallest absolute Gasteiger partial charge is 0.406 e. The van der Waals surface area contributed by atoms with Crippen molar-refractivity contribution in [3.8, 4) is 0 Å².